The zero-order chi connectivity index (χ0) is 13.1. The number of unbranched alkanes of at least 4 members (excludes halogenated alkanes) is 6. The SMILES string of the molecule is CCP.[CH2-]CC.[CH2-]CCCCCCCCP.[U].[U]. The molecule has 0 spiro atoms. The van der Waals surface area contributed by atoms with Crippen molar-refractivity contribution in [3.8, 4) is 0 Å². The van der Waals surface area contributed by atoms with Crippen LogP contribution in [0.2, 0.25) is 0 Å². The Kier molecular flexibility index (Phi) is 77.8. The number of rotatable bonds is 7. The molecule has 0 heterocycles. The maximum atomic E-state index is 3.82. The van der Waals surface area contributed by atoms with E-state index in [1.165, 1.54) is 50.8 Å². The first kappa shape index (κ1) is 32.8. The van der Waals surface area contributed by atoms with Crippen molar-refractivity contribution in [2.45, 2.75) is 65.2 Å². The van der Waals surface area contributed by atoms with Crippen LogP contribution >= 0.6 is 18.5 Å². The van der Waals surface area contributed by atoms with Gasteiger partial charge in [0.25, 0.3) is 0 Å². The van der Waals surface area contributed by atoms with E-state index in [-0.39, 0.29) is 62.2 Å². The molecule has 2 atom stereocenters. The van der Waals surface area contributed by atoms with Gasteiger partial charge in [-0.1, -0.05) is 46.0 Å². The van der Waals surface area contributed by atoms with Gasteiger partial charge >= 0.3 is 0 Å². The number of hydrogen-bond donors (Lipinski definition) is 0. The summed E-state index contributed by atoms with van der Waals surface area (Å²) in [7, 11) is 5.36. The summed E-state index contributed by atoms with van der Waals surface area (Å²) in [6.07, 6.45) is 12.9. The third-order valence-corrected chi connectivity index (χ3v) is 2.11. The Balaban J connectivity index is -0.0000000603. The molecule has 18 heavy (non-hydrogen) atoms. The molecule has 0 N–H and O–H groups in total. The van der Waals surface area contributed by atoms with Gasteiger partial charge in [0.05, 0.1) is 0 Å². The van der Waals surface area contributed by atoms with Gasteiger partial charge < -0.3 is 13.8 Å². The van der Waals surface area contributed by atoms with E-state index in [1.54, 1.807) is 0 Å². The van der Waals surface area contributed by atoms with Crippen molar-refractivity contribution in [3.05, 3.63) is 13.8 Å². The molecule has 0 amide bonds. The maximum Gasteiger partial charge on any atom is 0 e. The topological polar surface area (TPSA) is 0 Å². The van der Waals surface area contributed by atoms with Gasteiger partial charge in [0.2, 0.25) is 0 Å². The first-order chi connectivity index (χ1) is 7.74. The van der Waals surface area contributed by atoms with Crippen molar-refractivity contribution < 1.29 is 62.2 Å². The Morgan fingerprint density at radius 3 is 1.28 bits per heavy atom. The van der Waals surface area contributed by atoms with Crippen molar-refractivity contribution in [3.63, 3.8) is 0 Å². The van der Waals surface area contributed by atoms with Crippen molar-refractivity contribution in [2.75, 3.05) is 12.3 Å². The van der Waals surface area contributed by atoms with Gasteiger partial charge in [0.15, 0.2) is 0 Å². The molecule has 0 aromatic rings. The van der Waals surface area contributed by atoms with Gasteiger partial charge in [-0.3, -0.25) is 0 Å². The van der Waals surface area contributed by atoms with Crippen LogP contribution in [0.15, 0.2) is 0 Å². The van der Waals surface area contributed by atoms with Crippen LogP contribution in [0.4, 0.5) is 0 Å². The Labute approximate surface area is 170 Å². The zero-order valence-corrected chi connectivity index (χ0v) is 23.3. The summed E-state index contributed by atoms with van der Waals surface area (Å²) in [5, 5.41) is 0. The second-order valence-corrected chi connectivity index (χ2v) is 5.07. The molecule has 0 aliphatic carbocycles. The monoisotopic (exact) mass is 740 g/mol. The summed E-state index contributed by atoms with van der Waals surface area (Å²) in [6.45, 7) is 11.4. The second kappa shape index (κ2) is 42.7. The third kappa shape index (κ3) is 61.6. The molecular formula is C14H34P2U2-2. The van der Waals surface area contributed by atoms with Crippen LogP contribution in [-0.2, 0) is 0 Å². The van der Waals surface area contributed by atoms with Gasteiger partial charge in [0, 0.05) is 62.2 Å². The van der Waals surface area contributed by atoms with E-state index in [4.69, 9.17) is 0 Å². The minimum absolute atomic E-state index is 0. The average molecular weight is 740 g/mol. The first-order valence-electron chi connectivity index (χ1n) is 6.73. The third-order valence-electron chi connectivity index (χ3n) is 1.70. The van der Waals surface area contributed by atoms with Gasteiger partial charge in [-0.25, -0.2) is 0 Å². The van der Waals surface area contributed by atoms with E-state index in [0.717, 1.165) is 12.8 Å². The number of hydrogen-bond acceptors (Lipinski definition) is 0. The van der Waals surface area contributed by atoms with Crippen LogP contribution in [0.25, 0.3) is 0 Å². The van der Waals surface area contributed by atoms with Crippen LogP contribution in [0, 0.1) is 76.1 Å². The Hall–Kier alpha value is 2.96. The fourth-order valence-electron chi connectivity index (χ4n) is 1.03. The summed E-state index contributed by atoms with van der Waals surface area (Å²) in [4.78, 5) is 0. The molecule has 2 unspecified atom stereocenters. The van der Waals surface area contributed by atoms with Crippen LogP contribution in [0.5, 0.6) is 0 Å². The molecule has 0 fully saturated rings. The Morgan fingerprint density at radius 2 is 1.00 bits per heavy atom. The summed E-state index contributed by atoms with van der Waals surface area (Å²) in [5.74, 6) is 0. The van der Waals surface area contributed by atoms with Gasteiger partial charge in [0.1, 0.15) is 0 Å². The van der Waals surface area contributed by atoms with E-state index in [9.17, 15) is 0 Å². The van der Waals surface area contributed by atoms with E-state index < -0.39 is 0 Å². The predicted molar refractivity (Wildman–Crippen MR) is 88.2 cm³/mol. The average Bonchev–Trinajstić information content (AvgIpc) is 2.26. The van der Waals surface area contributed by atoms with Crippen molar-refractivity contribution in [1.29, 1.82) is 0 Å². The summed E-state index contributed by atoms with van der Waals surface area (Å²) in [5.41, 5.74) is 0. The van der Waals surface area contributed by atoms with Gasteiger partial charge in [-0.2, -0.15) is 12.8 Å². The molecule has 0 aromatic heterocycles. The summed E-state index contributed by atoms with van der Waals surface area (Å²) >= 11 is 0. The molecule has 4 heteroatoms. The van der Waals surface area contributed by atoms with Crippen molar-refractivity contribution in [1.82, 2.24) is 0 Å². The molecule has 0 saturated heterocycles. The van der Waals surface area contributed by atoms with Crippen LogP contribution in [-0.4, -0.2) is 12.3 Å². The van der Waals surface area contributed by atoms with Crippen LogP contribution in [0.3, 0.4) is 0 Å². The molecule has 110 valence electrons. The standard InChI is InChI=1S/C9H20P.C3H7.C2H7P.2U/c1-2-3-4-5-6-7-8-9-10;1-3-2;1-2-3;;/h1-10H2;1,3H2,2H3;2-3H2,1H3;;/q2*-1;;;. The van der Waals surface area contributed by atoms with E-state index in [2.05, 4.69) is 39.3 Å². The molecule has 0 nitrogen and oxygen atoms in total. The van der Waals surface area contributed by atoms with E-state index in [1.807, 2.05) is 6.92 Å². The summed E-state index contributed by atoms with van der Waals surface area (Å²) < 4.78 is 0. The maximum absolute atomic E-state index is 3.82. The van der Waals surface area contributed by atoms with Gasteiger partial charge in [-0.15, -0.1) is 18.5 Å². The fourth-order valence-corrected chi connectivity index (χ4v) is 1.32. The first-order valence-corrected chi connectivity index (χ1v) is 8.36. The van der Waals surface area contributed by atoms with E-state index >= 15 is 0 Å². The van der Waals surface area contributed by atoms with Gasteiger partial charge in [-0.05, 0) is 18.7 Å². The van der Waals surface area contributed by atoms with Crippen molar-refractivity contribution in [2.24, 2.45) is 0 Å². The van der Waals surface area contributed by atoms with E-state index in [0.29, 0.717) is 0 Å². The fraction of sp³-hybridized carbons (Fsp3) is 0.857. The molecular weight excluding hydrogens is 706 g/mol. The molecule has 0 bridgehead atoms. The molecule has 0 radical (unpaired) electrons. The smallest absolute Gasteiger partial charge is 0 e. The minimum Gasteiger partial charge on any atom is -0.344 e. The van der Waals surface area contributed by atoms with Crippen LogP contribution < -0.4 is 0 Å². The molecule has 0 aliphatic heterocycles. The normalized spacial score (nSPS) is 7.67. The molecule has 0 rings (SSSR count). The van der Waals surface area contributed by atoms with Crippen molar-refractivity contribution >= 4 is 18.5 Å². The Bertz CT molecular complexity index is 74.2. The Morgan fingerprint density at radius 1 is 0.722 bits per heavy atom. The molecule has 0 aromatic carbocycles. The molecule has 0 saturated carbocycles. The zero-order valence-electron chi connectivity index (χ0n) is 12.6. The quantitative estimate of drug-likeness (QED) is 0.183. The minimum atomic E-state index is 0. The summed E-state index contributed by atoms with van der Waals surface area (Å²) in [6, 6.07) is 0. The predicted octanol–water partition coefficient (Wildman–Crippen LogP) is 5.54. The largest absolute Gasteiger partial charge is 0.344 e. The van der Waals surface area contributed by atoms with Crippen LogP contribution in [0.1, 0.15) is 65.2 Å². The molecule has 0 aliphatic rings. The second-order valence-electron chi connectivity index (χ2n) is 3.67.